The second-order valence-electron chi connectivity index (χ2n) is 5.04. The van der Waals surface area contributed by atoms with Crippen molar-refractivity contribution in [2.24, 2.45) is 22.4 Å². The van der Waals surface area contributed by atoms with E-state index in [9.17, 15) is 0 Å². The molecule has 88 valence electrons. The van der Waals surface area contributed by atoms with Gasteiger partial charge in [0, 0.05) is 12.1 Å². The molecule has 0 bridgehead atoms. The highest BCUT2D eigenvalue weighted by atomic mass is 15.3. The van der Waals surface area contributed by atoms with Crippen molar-refractivity contribution in [3.63, 3.8) is 0 Å². The zero-order chi connectivity index (χ0) is 12.2. The lowest BCUT2D eigenvalue weighted by Crippen LogP contribution is -2.47. The minimum absolute atomic E-state index is 0.0713. The molecule has 0 fully saturated rings. The van der Waals surface area contributed by atoms with Crippen molar-refractivity contribution >= 4 is 11.9 Å². The second kappa shape index (κ2) is 5.00. The molecule has 0 aliphatic carbocycles. The Morgan fingerprint density at radius 1 is 1.33 bits per heavy atom. The van der Waals surface area contributed by atoms with Crippen molar-refractivity contribution in [3.05, 3.63) is 0 Å². The lowest BCUT2D eigenvalue weighted by molar-refractivity contribution is 0.211. The molecule has 0 unspecified atom stereocenters. The zero-order valence-corrected chi connectivity index (χ0v) is 10.3. The van der Waals surface area contributed by atoms with Gasteiger partial charge in [0.25, 0.3) is 0 Å². The lowest BCUT2D eigenvalue weighted by atomic mass is 10.0. The Morgan fingerprint density at radius 3 is 2.07 bits per heavy atom. The van der Waals surface area contributed by atoms with E-state index >= 15 is 0 Å². The maximum atomic E-state index is 7.80. The van der Waals surface area contributed by atoms with Crippen LogP contribution in [0.1, 0.15) is 34.6 Å². The predicted octanol–water partition coefficient (Wildman–Crippen LogP) is 0.951. The number of guanidine groups is 2. The molecule has 0 aromatic carbocycles. The van der Waals surface area contributed by atoms with Gasteiger partial charge in [-0.2, -0.15) is 4.99 Å². The first-order valence-corrected chi connectivity index (χ1v) is 5.10. The first-order valence-electron chi connectivity index (χ1n) is 5.10. The summed E-state index contributed by atoms with van der Waals surface area (Å²) in [7, 11) is 0. The van der Waals surface area contributed by atoms with Gasteiger partial charge in [0.2, 0.25) is 5.96 Å². The Kier molecular flexibility index (Phi) is 4.58. The van der Waals surface area contributed by atoms with Crippen molar-refractivity contribution in [3.8, 4) is 0 Å². The molecular weight excluding hydrogens is 190 g/mol. The first-order chi connectivity index (χ1) is 6.64. The Bertz CT molecular complexity index is 245. The molecule has 0 radical (unpaired) electrons. The summed E-state index contributed by atoms with van der Waals surface area (Å²) in [4.78, 5) is 5.66. The number of nitrogens with zero attached hydrogens (tertiary/aromatic N) is 2. The van der Waals surface area contributed by atoms with Crippen LogP contribution < -0.4 is 11.5 Å². The molecule has 0 aromatic rings. The average Bonchev–Trinajstić information content (AvgIpc) is 1.95. The van der Waals surface area contributed by atoms with E-state index in [2.05, 4.69) is 18.8 Å². The van der Waals surface area contributed by atoms with Gasteiger partial charge in [-0.05, 0) is 26.7 Å². The third-order valence-electron chi connectivity index (χ3n) is 1.85. The van der Waals surface area contributed by atoms with E-state index in [-0.39, 0.29) is 17.5 Å². The van der Waals surface area contributed by atoms with E-state index in [1.165, 1.54) is 0 Å². The van der Waals surface area contributed by atoms with Crippen LogP contribution in [0.5, 0.6) is 0 Å². The number of nitrogens with two attached hydrogens (primary N) is 2. The van der Waals surface area contributed by atoms with E-state index in [0.29, 0.717) is 5.92 Å². The Labute approximate surface area is 92.0 Å². The summed E-state index contributed by atoms with van der Waals surface area (Å²) < 4.78 is 0. The van der Waals surface area contributed by atoms with E-state index < -0.39 is 0 Å². The van der Waals surface area contributed by atoms with Gasteiger partial charge in [-0.15, -0.1) is 0 Å². The molecule has 0 spiro atoms. The third kappa shape index (κ3) is 5.24. The molecule has 0 aliphatic heterocycles. The highest BCUT2D eigenvalue weighted by Gasteiger charge is 2.24. The maximum Gasteiger partial charge on any atom is 0.221 e. The molecule has 5 nitrogen and oxygen atoms in total. The van der Waals surface area contributed by atoms with Crippen LogP contribution in [-0.2, 0) is 0 Å². The van der Waals surface area contributed by atoms with Gasteiger partial charge in [0.05, 0.1) is 0 Å². The normalized spacial score (nSPS) is 11.3. The monoisotopic (exact) mass is 213 g/mol. The van der Waals surface area contributed by atoms with Crippen molar-refractivity contribution < 1.29 is 0 Å². The number of hydrogen-bond acceptors (Lipinski definition) is 1. The minimum Gasteiger partial charge on any atom is -0.370 e. The van der Waals surface area contributed by atoms with E-state index in [1.807, 2.05) is 25.7 Å². The summed E-state index contributed by atoms with van der Waals surface area (Å²) in [5, 5.41) is 7.80. The van der Waals surface area contributed by atoms with Gasteiger partial charge < -0.3 is 16.4 Å². The quantitative estimate of drug-likeness (QED) is 0.471. The standard InChI is InChI=1S/C10H23N5/c1-7(2)6-15(10(3,4)5)9(13)14-8(11)12/h7H,6H2,1-5H3,(H5,11,12,13,14). The summed E-state index contributed by atoms with van der Waals surface area (Å²) in [5.41, 5.74) is 10.4. The number of rotatable bonds is 2. The minimum atomic E-state index is -0.152. The van der Waals surface area contributed by atoms with E-state index in [1.54, 1.807) is 0 Å². The van der Waals surface area contributed by atoms with Crippen molar-refractivity contribution in [2.45, 2.75) is 40.2 Å². The summed E-state index contributed by atoms with van der Waals surface area (Å²) in [6.45, 7) is 11.1. The fourth-order valence-electron chi connectivity index (χ4n) is 1.23. The topological polar surface area (TPSA) is 91.5 Å². The van der Waals surface area contributed by atoms with E-state index in [0.717, 1.165) is 6.54 Å². The summed E-state index contributed by atoms with van der Waals surface area (Å²) in [6, 6.07) is 0. The Balaban J connectivity index is 4.80. The first kappa shape index (κ1) is 13.7. The van der Waals surface area contributed by atoms with Gasteiger partial charge in [-0.3, -0.25) is 5.41 Å². The van der Waals surface area contributed by atoms with Gasteiger partial charge in [0.15, 0.2) is 5.96 Å². The molecule has 0 amide bonds. The number of nitrogens with one attached hydrogen (secondary N) is 1. The SMILES string of the molecule is CC(C)CN(C(=N)N=C(N)N)C(C)(C)C. The summed E-state index contributed by atoms with van der Waals surface area (Å²) in [5.74, 6) is 0.507. The van der Waals surface area contributed by atoms with Crippen LogP contribution in [0.3, 0.4) is 0 Å². The molecule has 5 heteroatoms. The fraction of sp³-hybridized carbons (Fsp3) is 0.800. The molecule has 0 aliphatic rings. The highest BCUT2D eigenvalue weighted by molar-refractivity contribution is 5.92. The van der Waals surface area contributed by atoms with Crippen LogP contribution in [0.15, 0.2) is 4.99 Å². The molecular formula is C10H23N5. The Morgan fingerprint density at radius 2 is 1.80 bits per heavy atom. The summed E-state index contributed by atoms with van der Waals surface area (Å²) in [6.07, 6.45) is 0. The smallest absolute Gasteiger partial charge is 0.221 e. The predicted molar refractivity (Wildman–Crippen MR) is 64.8 cm³/mol. The largest absolute Gasteiger partial charge is 0.370 e. The molecule has 0 saturated carbocycles. The molecule has 0 rings (SSSR count). The maximum absolute atomic E-state index is 7.80. The molecule has 0 heterocycles. The molecule has 0 saturated heterocycles. The van der Waals surface area contributed by atoms with Crippen LogP contribution in [0, 0.1) is 11.3 Å². The van der Waals surface area contributed by atoms with Gasteiger partial charge in [-0.1, -0.05) is 13.8 Å². The van der Waals surface area contributed by atoms with Crippen molar-refractivity contribution in [2.75, 3.05) is 6.54 Å². The third-order valence-corrected chi connectivity index (χ3v) is 1.85. The molecule has 15 heavy (non-hydrogen) atoms. The molecule has 0 aromatic heterocycles. The Hall–Kier alpha value is -1.26. The molecule has 5 N–H and O–H groups in total. The molecule has 0 atom stereocenters. The van der Waals surface area contributed by atoms with Crippen molar-refractivity contribution in [1.29, 1.82) is 5.41 Å². The number of aliphatic imine (C=N–C) groups is 1. The van der Waals surface area contributed by atoms with Crippen LogP contribution in [0.4, 0.5) is 0 Å². The zero-order valence-electron chi connectivity index (χ0n) is 10.3. The highest BCUT2D eigenvalue weighted by Crippen LogP contribution is 2.16. The summed E-state index contributed by atoms with van der Waals surface area (Å²) >= 11 is 0. The van der Waals surface area contributed by atoms with Crippen LogP contribution in [-0.4, -0.2) is 28.9 Å². The van der Waals surface area contributed by atoms with Gasteiger partial charge >= 0.3 is 0 Å². The van der Waals surface area contributed by atoms with Gasteiger partial charge in [-0.25, -0.2) is 0 Å². The average molecular weight is 213 g/mol. The van der Waals surface area contributed by atoms with Crippen LogP contribution in [0.25, 0.3) is 0 Å². The lowest BCUT2D eigenvalue weighted by Gasteiger charge is -2.37. The van der Waals surface area contributed by atoms with Crippen molar-refractivity contribution in [1.82, 2.24) is 4.90 Å². The van der Waals surface area contributed by atoms with E-state index in [4.69, 9.17) is 16.9 Å². The fourth-order valence-corrected chi connectivity index (χ4v) is 1.23. The van der Waals surface area contributed by atoms with Gasteiger partial charge in [0.1, 0.15) is 0 Å². The number of hydrogen-bond donors (Lipinski definition) is 3. The second-order valence-corrected chi connectivity index (χ2v) is 5.04. The van der Waals surface area contributed by atoms with Crippen LogP contribution in [0.2, 0.25) is 0 Å². The van der Waals surface area contributed by atoms with Crippen LogP contribution >= 0.6 is 0 Å².